The van der Waals surface area contributed by atoms with Crippen molar-refractivity contribution < 1.29 is 13.9 Å². The van der Waals surface area contributed by atoms with Crippen LogP contribution in [0.2, 0.25) is 0 Å². The number of nitrogens with one attached hydrogen (secondary N) is 2. The number of aromatic amines is 1. The van der Waals surface area contributed by atoms with Crippen LogP contribution in [-0.4, -0.2) is 18.0 Å². The zero-order valence-corrected chi connectivity index (χ0v) is 13.7. The van der Waals surface area contributed by atoms with Crippen LogP contribution in [-0.2, 0) is 17.8 Å². The van der Waals surface area contributed by atoms with Crippen molar-refractivity contribution in [2.75, 3.05) is 7.11 Å². The van der Waals surface area contributed by atoms with Crippen LogP contribution in [0.3, 0.4) is 0 Å². The largest absolute Gasteiger partial charge is 0.497 e. The highest BCUT2D eigenvalue weighted by Gasteiger charge is 2.13. The van der Waals surface area contributed by atoms with E-state index < -0.39 is 0 Å². The maximum atomic E-state index is 13.5. The Morgan fingerprint density at radius 2 is 1.96 bits per heavy atom. The van der Waals surface area contributed by atoms with Gasteiger partial charge in [0.05, 0.1) is 13.5 Å². The van der Waals surface area contributed by atoms with Gasteiger partial charge in [-0.25, -0.2) is 4.39 Å². The number of hydrogen-bond acceptors (Lipinski definition) is 2. The van der Waals surface area contributed by atoms with Gasteiger partial charge in [0.25, 0.3) is 0 Å². The molecule has 3 aromatic rings. The van der Waals surface area contributed by atoms with Gasteiger partial charge in [0.2, 0.25) is 5.91 Å². The third kappa shape index (κ3) is 3.40. The van der Waals surface area contributed by atoms with Crippen molar-refractivity contribution >= 4 is 16.8 Å². The highest BCUT2D eigenvalue weighted by atomic mass is 19.1. The maximum absolute atomic E-state index is 13.5. The Kier molecular flexibility index (Phi) is 4.51. The molecule has 0 aliphatic heterocycles. The van der Waals surface area contributed by atoms with Crippen molar-refractivity contribution in [1.82, 2.24) is 10.3 Å². The monoisotopic (exact) mass is 326 g/mol. The molecular weight excluding hydrogens is 307 g/mol. The van der Waals surface area contributed by atoms with Crippen LogP contribution in [0.15, 0.2) is 42.5 Å². The van der Waals surface area contributed by atoms with Crippen molar-refractivity contribution in [3.05, 3.63) is 65.1 Å². The summed E-state index contributed by atoms with van der Waals surface area (Å²) < 4.78 is 18.6. The zero-order valence-electron chi connectivity index (χ0n) is 13.7. The molecule has 0 radical (unpaired) electrons. The third-order valence-electron chi connectivity index (χ3n) is 4.07. The Morgan fingerprint density at radius 3 is 2.67 bits per heavy atom. The van der Waals surface area contributed by atoms with Crippen molar-refractivity contribution in [3.8, 4) is 5.75 Å². The number of amides is 1. The average molecular weight is 326 g/mol. The Bertz CT molecular complexity index is 869. The molecule has 124 valence electrons. The van der Waals surface area contributed by atoms with E-state index in [1.165, 1.54) is 12.1 Å². The fourth-order valence-electron chi connectivity index (χ4n) is 2.75. The molecule has 0 fully saturated rings. The van der Waals surface area contributed by atoms with Gasteiger partial charge in [0.15, 0.2) is 0 Å². The van der Waals surface area contributed by atoms with Gasteiger partial charge in [0.1, 0.15) is 11.6 Å². The summed E-state index contributed by atoms with van der Waals surface area (Å²) in [5.41, 5.74) is 3.55. The Morgan fingerprint density at radius 1 is 1.21 bits per heavy atom. The van der Waals surface area contributed by atoms with Crippen LogP contribution >= 0.6 is 0 Å². The molecule has 5 heteroatoms. The van der Waals surface area contributed by atoms with Crippen molar-refractivity contribution in [3.63, 3.8) is 0 Å². The number of aromatic nitrogens is 1. The third-order valence-corrected chi connectivity index (χ3v) is 4.07. The molecule has 2 N–H and O–H groups in total. The lowest BCUT2D eigenvalue weighted by molar-refractivity contribution is -0.120. The second-order valence-electron chi connectivity index (χ2n) is 5.72. The maximum Gasteiger partial charge on any atom is 0.224 e. The van der Waals surface area contributed by atoms with E-state index in [1.54, 1.807) is 13.2 Å². The minimum absolute atomic E-state index is 0.0981. The average Bonchev–Trinajstić information content (AvgIpc) is 2.89. The number of H-pyrrole nitrogens is 1. The number of hydrogen-bond donors (Lipinski definition) is 2. The van der Waals surface area contributed by atoms with Gasteiger partial charge in [0, 0.05) is 23.1 Å². The smallest absolute Gasteiger partial charge is 0.224 e. The highest BCUT2D eigenvalue weighted by molar-refractivity contribution is 5.90. The molecule has 2 aromatic carbocycles. The summed E-state index contributed by atoms with van der Waals surface area (Å²) in [6.45, 7) is 2.34. The first-order chi connectivity index (χ1) is 11.6. The number of fused-ring (bicyclic) bond motifs is 1. The Balaban J connectivity index is 1.68. The minimum Gasteiger partial charge on any atom is -0.497 e. The van der Waals surface area contributed by atoms with E-state index in [0.717, 1.165) is 33.5 Å². The van der Waals surface area contributed by atoms with Crippen LogP contribution in [0, 0.1) is 12.7 Å². The van der Waals surface area contributed by atoms with Crippen LogP contribution < -0.4 is 10.1 Å². The standard InChI is InChI=1S/C19H19FN2O2/c1-12-16(17-9-14(20)5-8-18(17)22-12)10-19(23)21-11-13-3-6-15(24-2)7-4-13/h3-9,22H,10-11H2,1-2H3,(H,21,23). The van der Waals surface area contributed by atoms with Crippen molar-refractivity contribution in [2.45, 2.75) is 19.9 Å². The molecular formula is C19H19FN2O2. The quantitative estimate of drug-likeness (QED) is 0.754. The lowest BCUT2D eigenvalue weighted by atomic mass is 10.1. The van der Waals surface area contributed by atoms with Crippen LogP contribution in [0.4, 0.5) is 4.39 Å². The van der Waals surface area contributed by atoms with Crippen molar-refractivity contribution in [2.24, 2.45) is 0 Å². The minimum atomic E-state index is -0.304. The van der Waals surface area contributed by atoms with E-state index in [9.17, 15) is 9.18 Å². The SMILES string of the molecule is COc1ccc(CNC(=O)Cc2c(C)[nH]c3ccc(F)cc23)cc1. The van der Waals surface area contributed by atoms with Crippen LogP contribution in [0.1, 0.15) is 16.8 Å². The summed E-state index contributed by atoms with van der Waals surface area (Å²) in [6.07, 6.45) is 0.214. The number of halogens is 1. The van der Waals surface area contributed by atoms with Gasteiger partial charge >= 0.3 is 0 Å². The Labute approximate surface area is 139 Å². The van der Waals surface area contributed by atoms with Gasteiger partial charge in [-0.3, -0.25) is 4.79 Å². The number of carbonyl (C=O) groups is 1. The van der Waals surface area contributed by atoms with Crippen LogP contribution in [0.5, 0.6) is 5.75 Å². The molecule has 0 unspecified atom stereocenters. The predicted molar refractivity (Wildman–Crippen MR) is 91.5 cm³/mol. The summed E-state index contributed by atoms with van der Waals surface area (Å²) in [4.78, 5) is 15.4. The molecule has 0 aliphatic rings. The summed E-state index contributed by atoms with van der Waals surface area (Å²) in [7, 11) is 1.61. The zero-order chi connectivity index (χ0) is 17.1. The van der Waals surface area contributed by atoms with E-state index in [2.05, 4.69) is 10.3 Å². The second-order valence-corrected chi connectivity index (χ2v) is 5.72. The first-order valence-electron chi connectivity index (χ1n) is 7.73. The van der Waals surface area contributed by atoms with E-state index in [1.807, 2.05) is 31.2 Å². The molecule has 3 rings (SSSR count). The molecule has 0 spiro atoms. The molecule has 0 bridgehead atoms. The normalized spacial score (nSPS) is 10.8. The summed E-state index contributed by atoms with van der Waals surface area (Å²) in [5, 5.41) is 3.65. The molecule has 0 atom stereocenters. The number of carbonyl (C=O) groups excluding carboxylic acids is 1. The molecule has 1 heterocycles. The number of aryl methyl sites for hydroxylation is 1. The summed E-state index contributed by atoms with van der Waals surface area (Å²) in [5.74, 6) is 0.377. The molecule has 0 saturated heterocycles. The van der Waals surface area contributed by atoms with Gasteiger partial charge in [-0.2, -0.15) is 0 Å². The predicted octanol–water partition coefficient (Wildman–Crippen LogP) is 3.48. The van der Waals surface area contributed by atoms with Gasteiger partial charge in [-0.05, 0) is 48.4 Å². The first kappa shape index (κ1) is 16.1. The molecule has 4 nitrogen and oxygen atoms in total. The molecule has 1 aromatic heterocycles. The molecule has 24 heavy (non-hydrogen) atoms. The fraction of sp³-hybridized carbons (Fsp3) is 0.211. The van der Waals surface area contributed by atoms with Crippen molar-refractivity contribution in [1.29, 1.82) is 0 Å². The number of methoxy groups -OCH3 is 1. The van der Waals surface area contributed by atoms with Gasteiger partial charge in [-0.15, -0.1) is 0 Å². The molecule has 1 amide bonds. The van der Waals surface area contributed by atoms with E-state index in [4.69, 9.17) is 4.74 Å². The topological polar surface area (TPSA) is 54.1 Å². The molecule has 0 aliphatic carbocycles. The lowest BCUT2D eigenvalue weighted by Crippen LogP contribution is -2.24. The lowest BCUT2D eigenvalue weighted by Gasteiger charge is -2.07. The van der Waals surface area contributed by atoms with Crippen LogP contribution in [0.25, 0.3) is 10.9 Å². The number of benzene rings is 2. The summed E-state index contributed by atoms with van der Waals surface area (Å²) in [6, 6.07) is 12.1. The number of ether oxygens (including phenoxy) is 1. The first-order valence-corrected chi connectivity index (χ1v) is 7.73. The van der Waals surface area contributed by atoms with E-state index >= 15 is 0 Å². The fourth-order valence-corrected chi connectivity index (χ4v) is 2.75. The van der Waals surface area contributed by atoms with E-state index in [-0.39, 0.29) is 18.1 Å². The Hall–Kier alpha value is -2.82. The van der Waals surface area contributed by atoms with Gasteiger partial charge < -0.3 is 15.0 Å². The number of rotatable bonds is 5. The summed E-state index contributed by atoms with van der Waals surface area (Å²) >= 11 is 0. The highest BCUT2D eigenvalue weighted by Crippen LogP contribution is 2.23. The molecule has 0 saturated carbocycles. The van der Waals surface area contributed by atoms with E-state index in [0.29, 0.717) is 6.54 Å². The second kappa shape index (κ2) is 6.74. The van der Waals surface area contributed by atoms with Gasteiger partial charge in [-0.1, -0.05) is 12.1 Å².